The number of nitro benzene ring substituents is 1. The van der Waals surface area contributed by atoms with E-state index in [0.717, 1.165) is 23.1 Å². The van der Waals surface area contributed by atoms with Gasteiger partial charge in [0.2, 0.25) is 10.6 Å². The molecule has 7 nitrogen and oxygen atoms in total. The number of phenols is 1. The van der Waals surface area contributed by atoms with Crippen LogP contribution in [0.3, 0.4) is 0 Å². The fourth-order valence-corrected chi connectivity index (χ4v) is 4.88. The molecule has 162 valence electrons. The summed E-state index contributed by atoms with van der Waals surface area (Å²) in [6, 6.07) is 16.5. The number of hydrogen-bond donors (Lipinski definition) is 1. The average molecular weight is 485 g/mol. The van der Waals surface area contributed by atoms with Gasteiger partial charge in [0.1, 0.15) is 0 Å². The standard InChI is InChI=1S/C22H17ClN4O3S2/c23-17-11-16(21(28)18(12-17)27(29)30)13-25-26-19(20-7-4-10-31-20)14-32-22(26)24-9-8-15-5-2-1-3-6-15/h1-7,10-14,28H,8-9H2. The zero-order chi connectivity index (χ0) is 22.5. The van der Waals surface area contributed by atoms with E-state index in [4.69, 9.17) is 16.6 Å². The number of thiazole rings is 1. The first-order valence-electron chi connectivity index (χ1n) is 9.53. The SMILES string of the molecule is O=[N+]([O-])c1cc(Cl)cc(C=Nn2c(-c3cccs3)csc2=NCCc2ccccc2)c1O. The van der Waals surface area contributed by atoms with Crippen molar-refractivity contribution >= 4 is 46.2 Å². The third-order valence-electron chi connectivity index (χ3n) is 4.54. The van der Waals surface area contributed by atoms with Gasteiger partial charge in [0.15, 0.2) is 0 Å². The largest absolute Gasteiger partial charge is 0.502 e. The summed E-state index contributed by atoms with van der Waals surface area (Å²) in [7, 11) is 0. The molecule has 0 unspecified atom stereocenters. The van der Waals surface area contributed by atoms with Crippen molar-refractivity contribution in [3.63, 3.8) is 0 Å². The van der Waals surface area contributed by atoms with Gasteiger partial charge in [-0.25, -0.2) is 4.68 Å². The third kappa shape index (κ3) is 4.96. The first-order chi connectivity index (χ1) is 15.5. The summed E-state index contributed by atoms with van der Waals surface area (Å²) in [5, 5.41) is 30.0. The Morgan fingerprint density at radius 2 is 1.97 bits per heavy atom. The molecule has 10 heteroatoms. The van der Waals surface area contributed by atoms with Crippen LogP contribution in [0.5, 0.6) is 5.75 Å². The van der Waals surface area contributed by atoms with Crippen LogP contribution in [-0.2, 0) is 6.42 Å². The van der Waals surface area contributed by atoms with Crippen LogP contribution in [-0.4, -0.2) is 27.5 Å². The first kappa shape index (κ1) is 21.9. The number of rotatable bonds is 7. The van der Waals surface area contributed by atoms with Gasteiger partial charge in [-0.15, -0.1) is 22.7 Å². The van der Waals surface area contributed by atoms with E-state index >= 15 is 0 Å². The number of halogens is 1. The summed E-state index contributed by atoms with van der Waals surface area (Å²) in [5.74, 6) is -0.487. The molecule has 4 aromatic rings. The second-order valence-electron chi connectivity index (χ2n) is 6.67. The minimum absolute atomic E-state index is 0.137. The highest BCUT2D eigenvalue weighted by atomic mass is 35.5. The molecule has 0 saturated carbocycles. The van der Waals surface area contributed by atoms with E-state index in [9.17, 15) is 15.2 Å². The summed E-state index contributed by atoms with van der Waals surface area (Å²) >= 11 is 9.02. The Bertz CT molecular complexity index is 1330. The van der Waals surface area contributed by atoms with E-state index in [2.05, 4.69) is 17.2 Å². The molecule has 0 aliphatic heterocycles. The highest BCUT2D eigenvalue weighted by molar-refractivity contribution is 7.14. The van der Waals surface area contributed by atoms with Gasteiger partial charge in [-0.05, 0) is 29.5 Å². The first-order valence-corrected chi connectivity index (χ1v) is 11.7. The van der Waals surface area contributed by atoms with Crippen LogP contribution in [0.4, 0.5) is 5.69 Å². The van der Waals surface area contributed by atoms with Crippen LogP contribution >= 0.6 is 34.3 Å². The minimum atomic E-state index is -0.683. The van der Waals surface area contributed by atoms with E-state index in [1.54, 1.807) is 16.0 Å². The molecule has 0 fully saturated rings. The van der Waals surface area contributed by atoms with Gasteiger partial charge in [0, 0.05) is 28.6 Å². The maximum Gasteiger partial charge on any atom is 0.312 e. The molecule has 0 spiro atoms. The molecule has 0 bridgehead atoms. The predicted octanol–water partition coefficient (Wildman–Crippen LogP) is 5.57. The summed E-state index contributed by atoms with van der Waals surface area (Å²) < 4.78 is 1.67. The number of nitro groups is 1. The van der Waals surface area contributed by atoms with Gasteiger partial charge < -0.3 is 5.11 Å². The Kier molecular flexibility index (Phi) is 6.79. The van der Waals surface area contributed by atoms with E-state index in [0.29, 0.717) is 11.3 Å². The number of benzene rings is 2. The lowest BCUT2D eigenvalue weighted by atomic mass is 10.2. The Morgan fingerprint density at radius 1 is 1.16 bits per heavy atom. The maximum absolute atomic E-state index is 11.2. The molecule has 32 heavy (non-hydrogen) atoms. The molecule has 0 saturated heterocycles. The topological polar surface area (TPSA) is 93.0 Å². The smallest absolute Gasteiger partial charge is 0.312 e. The molecule has 2 aromatic heterocycles. The lowest BCUT2D eigenvalue weighted by Gasteiger charge is -2.04. The van der Waals surface area contributed by atoms with Crippen molar-refractivity contribution in [2.24, 2.45) is 10.1 Å². The Labute approximate surface area is 196 Å². The van der Waals surface area contributed by atoms with Crippen LogP contribution in [0.25, 0.3) is 10.6 Å². The van der Waals surface area contributed by atoms with Gasteiger partial charge in [0.25, 0.3) is 0 Å². The van der Waals surface area contributed by atoms with Crippen LogP contribution in [0, 0.1) is 10.1 Å². The molecule has 1 N–H and O–H groups in total. The normalized spacial score (nSPS) is 12.0. The lowest BCUT2D eigenvalue weighted by Crippen LogP contribution is -2.13. The number of hydrogen-bond acceptors (Lipinski definition) is 7. The van der Waals surface area contributed by atoms with Crippen molar-refractivity contribution in [1.82, 2.24) is 4.68 Å². The molecular formula is C22H17ClN4O3S2. The second kappa shape index (κ2) is 9.90. The molecule has 2 heterocycles. The maximum atomic E-state index is 11.2. The minimum Gasteiger partial charge on any atom is -0.502 e. The van der Waals surface area contributed by atoms with E-state index in [1.807, 2.05) is 41.1 Å². The molecule has 0 atom stereocenters. The molecule has 4 rings (SSSR count). The molecule has 0 aliphatic carbocycles. The highest BCUT2D eigenvalue weighted by Gasteiger charge is 2.18. The van der Waals surface area contributed by atoms with E-state index in [1.165, 1.54) is 29.2 Å². The van der Waals surface area contributed by atoms with Crippen LogP contribution < -0.4 is 4.80 Å². The zero-order valence-electron chi connectivity index (χ0n) is 16.6. The number of thiophene rings is 1. The Morgan fingerprint density at radius 3 is 2.69 bits per heavy atom. The third-order valence-corrected chi connectivity index (χ3v) is 6.51. The molecule has 0 amide bonds. The summed E-state index contributed by atoms with van der Waals surface area (Å²) in [6.45, 7) is 0.581. The van der Waals surface area contributed by atoms with Crippen molar-refractivity contribution in [2.45, 2.75) is 6.42 Å². The molecular weight excluding hydrogens is 468 g/mol. The van der Waals surface area contributed by atoms with Crippen LogP contribution in [0.1, 0.15) is 11.1 Å². The summed E-state index contributed by atoms with van der Waals surface area (Å²) in [5.41, 5.74) is 1.71. The number of phenolic OH excluding ortho intramolecular Hbond substituents is 1. The zero-order valence-corrected chi connectivity index (χ0v) is 19.0. The van der Waals surface area contributed by atoms with Crippen molar-refractivity contribution in [3.05, 3.63) is 96.4 Å². The van der Waals surface area contributed by atoms with Crippen molar-refractivity contribution in [1.29, 1.82) is 0 Å². The van der Waals surface area contributed by atoms with E-state index in [-0.39, 0.29) is 10.6 Å². The van der Waals surface area contributed by atoms with Crippen molar-refractivity contribution < 1.29 is 10.0 Å². The Hall–Kier alpha value is -3.27. The second-order valence-corrected chi connectivity index (χ2v) is 8.90. The predicted molar refractivity (Wildman–Crippen MR) is 129 cm³/mol. The van der Waals surface area contributed by atoms with Crippen molar-refractivity contribution in [2.75, 3.05) is 6.54 Å². The monoisotopic (exact) mass is 484 g/mol. The highest BCUT2D eigenvalue weighted by Crippen LogP contribution is 2.32. The number of nitrogens with zero attached hydrogens (tertiary/aromatic N) is 4. The van der Waals surface area contributed by atoms with Gasteiger partial charge in [-0.3, -0.25) is 15.1 Å². The Balaban J connectivity index is 1.71. The van der Waals surface area contributed by atoms with Gasteiger partial charge in [-0.2, -0.15) is 5.10 Å². The molecule has 0 radical (unpaired) electrons. The summed E-state index contributed by atoms with van der Waals surface area (Å²) in [6.07, 6.45) is 2.15. The quantitative estimate of drug-likeness (QED) is 0.211. The van der Waals surface area contributed by atoms with Crippen LogP contribution in [0.15, 0.2) is 75.5 Å². The number of aromatic nitrogens is 1. The average Bonchev–Trinajstić information content (AvgIpc) is 3.44. The van der Waals surface area contributed by atoms with Crippen LogP contribution in [0.2, 0.25) is 5.02 Å². The fourth-order valence-electron chi connectivity index (χ4n) is 3.00. The number of aromatic hydroxyl groups is 1. The molecule has 0 aliphatic rings. The lowest BCUT2D eigenvalue weighted by molar-refractivity contribution is -0.385. The summed E-state index contributed by atoms with van der Waals surface area (Å²) in [4.78, 5) is 16.9. The van der Waals surface area contributed by atoms with Gasteiger partial charge in [0.05, 0.1) is 21.7 Å². The molecule has 2 aromatic carbocycles. The van der Waals surface area contributed by atoms with Gasteiger partial charge >= 0.3 is 5.69 Å². The van der Waals surface area contributed by atoms with E-state index < -0.39 is 16.4 Å². The van der Waals surface area contributed by atoms with Crippen molar-refractivity contribution in [3.8, 4) is 16.3 Å². The fraction of sp³-hybridized carbons (Fsp3) is 0.0909. The van der Waals surface area contributed by atoms with Gasteiger partial charge in [-0.1, -0.05) is 48.0 Å².